The van der Waals surface area contributed by atoms with Gasteiger partial charge in [-0.2, -0.15) is 0 Å². The largest absolute Gasteiger partial charge is 0.461 e. The van der Waals surface area contributed by atoms with E-state index >= 15 is 0 Å². The van der Waals surface area contributed by atoms with E-state index in [1.54, 1.807) is 15.9 Å². The highest BCUT2D eigenvalue weighted by molar-refractivity contribution is 5.98. The number of hydrogen-bond donors (Lipinski definition) is 1. The minimum absolute atomic E-state index is 0.0666. The molecule has 2 bridgehead atoms. The van der Waals surface area contributed by atoms with Gasteiger partial charge in [-0.25, -0.2) is 0 Å². The molecule has 3 heterocycles. The van der Waals surface area contributed by atoms with Crippen LogP contribution in [-0.4, -0.2) is 82.8 Å². The molecule has 0 aliphatic carbocycles. The van der Waals surface area contributed by atoms with Gasteiger partial charge in [0, 0.05) is 26.2 Å². The predicted molar refractivity (Wildman–Crippen MR) is 132 cm³/mol. The molecule has 0 saturated carbocycles. The van der Waals surface area contributed by atoms with Crippen LogP contribution in [0.1, 0.15) is 65.2 Å². The van der Waals surface area contributed by atoms with Crippen LogP contribution in [0, 0.1) is 11.8 Å². The summed E-state index contributed by atoms with van der Waals surface area (Å²) in [5.41, 5.74) is -1.88. The lowest BCUT2D eigenvalue weighted by atomic mass is 9.66. The van der Waals surface area contributed by atoms with Crippen LogP contribution in [0.15, 0.2) is 25.3 Å². The summed E-state index contributed by atoms with van der Waals surface area (Å²) in [5.74, 6) is -2.31. The van der Waals surface area contributed by atoms with Gasteiger partial charge >= 0.3 is 5.97 Å². The smallest absolute Gasteiger partial charge is 0.313 e. The van der Waals surface area contributed by atoms with Crippen molar-refractivity contribution >= 4 is 17.8 Å². The Balaban J connectivity index is 1.96. The first kappa shape index (κ1) is 27.4. The Morgan fingerprint density at radius 1 is 1.20 bits per heavy atom. The number of aliphatic hydroxyl groups excluding tert-OH is 1. The maximum absolute atomic E-state index is 14.1. The summed E-state index contributed by atoms with van der Waals surface area (Å²) in [5, 5.41) is 9.17. The van der Waals surface area contributed by atoms with Gasteiger partial charge < -0.3 is 24.4 Å². The molecule has 3 fully saturated rings. The monoisotopic (exact) mass is 490 g/mol. The summed E-state index contributed by atoms with van der Waals surface area (Å²) in [4.78, 5) is 44.5. The molecule has 3 aliphatic rings. The van der Waals surface area contributed by atoms with Crippen molar-refractivity contribution in [3.63, 3.8) is 0 Å². The molecule has 0 aromatic heterocycles. The molecule has 0 aromatic rings. The van der Waals surface area contributed by atoms with Gasteiger partial charge in [0.1, 0.15) is 24.2 Å². The fourth-order valence-corrected chi connectivity index (χ4v) is 6.28. The minimum atomic E-state index is -1.04. The third kappa shape index (κ3) is 5.05. The van der Waals surface area contributed by atoms with E-state index in [2.05, 4.69) is 20.1 Å². The van der Waals surface area contributed by atoms with Gasteiger partial charge in [-0.1, -0.05) is 38.5 Å². The van der Waals surface area contributed by atoms with Crippen LogP contribution < -0.4 is 0 Å². The van der Waals surface area contributed by atoms with E-state index in [-0.39, 0.29) is 25.0 Å². The maximum Gasteiger partial charge on any atom is 0.313 e. The number of carbonyl (C=O) groups is 3. The quantitative estimate of drug-likeness (QED) is 0.215. The number of carbonyl (C=O) groups excluding carboxylic acids is 3. The summed E-state index contributed by atoms with van der Waals surface area (Å²) >= 11 is 0. The highest BCUT2D eigenvalue weighted by Crippen LogP contribution is 2.63. The Labute approximate surface area is 209 Å². The second-order valence-corrected chi connectivity index (χ2v) is 10.2. The van der Waals surface area contributed by atoms with Crippen LogP contribution in [0.3, 0.4) is 0 Å². The van der Waals surface area contributed by atoms with E-state index in [0.717, 1.165) is 25.7 Å². The fraction of sp³-hybridized carbons (Fsp3) is 0.741. The van der Waals surface area contributed by atoms with Crippen molar-refractivity contribution in [1.82, 2.24) is 9.80 Å². The molecule has 196 valence electrons. The van der Waals surface area contributed by atoms with Gasteiger partial charge in [-0.15, -0.1) is 6.58 Å². The van der Waals surface area contributed by atoms with Crippen molar-refractivity contribution in [2.24, 2.45) is 11.8 Å². The number of likely N-dealkylation sites (tertiary alicyclic amines) is 1. The average molecular weight is 491 g/mol. The van der Waals surface area contributed by atoms with Crippen molar-refractivity contribution in [1.29, 1.82) is 0 Å². The zero-order chi connectivity index (χ0) is 25.6. The second-order valence-electron chi connectivity index (χ2n) is 10.2. The number of unbranched alkanes of at least 4 members (excludes halogenated alkanes) is 4. The summed E-state index contributed by atoms with van der Waals surface area (Å²) in [6.07, 6.45) is 9.32. The van der Waals surface area contributed by atoms with E-state index in [1.807, 2.05) is 6.92 Å². The van der Waals surface area contributed by atoms with Gasteiger partial charge in [0.05, 0.1) is 11.5 Å². The minimum Gasteiger partial charge on any atom is -0.461 e. The molecule has 3 rings (SSSR count). The molecule has 5 atom stereocenters. The molecule has 1 spiro atoms. The molecule has 8 heteroatoms. The molecule has 1 N–H and O–H groups in total. The Morgan fingerprint density at radius 2 is 1.97 bits per heavy atom. The van der Waals surface area contributed by atoms with E-state index in [4.69, 9.17) is 14.6 Å². The lowest BCUT2D eigenvalue weighted by Gasteiger charge is -2.37. The van der Waals surface area contributed by atoms with E-state index in [1.165, 1.54) is 6.08 Å². The maximum atomic E-state index is 14.1. The van der Waals surface area contributed by atoms with Gasteiger partial charge in [0.2, 0.25) is 11.8 Å². The Bertz CT molecular complexity index is 815. The normalized spacial score (nSPS) is 30.9. The summed E-state index contributed by atoms with van der Waals surface area (Å²) < 4.78 is 12.0. The average Bonchev–Trinajstić information content (AvgIpc) is 3.40. The number of ether oxygens (including phenoxy) is 2. The third-order valence-corrected chi connectivity index (χ3v) is 7.86. The van der Waals surface area contributed by atoms with Crippen molar-refractivity contribution in [2.75, 3.05) is 32.8 Å². The number of fused-ring (bicyclic) bond motifs is 1. The van der Waals surface area contributed by atoms with Crippen LogP contribution in [0.25, 0.3) is 0 Å². The van der Waals surface area contributed by atoms with Crippen molar-refractivity contribution < 1.29 is 29.0 Å². The first-order valence-electron chi connectivity index (χ1n) is 13.1. The van der Waals surface area contributed by atoms with E-state index < -0.39 is 35.0 Å². The summed E-state index contributed by atoms with van der Waals surface area (Å²) in [6.45, 7) is 12.9. The molecule has 0 radical (unpaired) electrons. The van der Waals surface area contributed by atoms with Gasteiger partial charge in [-0.3, -0.25) is 14.4 Å². The SMILES string of the molecule is C=CCOC(=O)[C@@H]1[C@H]2C(=O)N(CCCCCO)C(C(=O)N(CC=C)CCCCC)C23CC[C@@]1(C)O3. The molecule has 35 heavy (non-hydrogen) atoms. The first-order valence-corrected chi connectivity index (χ1v) is 13.1. The van der Waals surface area contributed by atoms with Gasteiger partial charge in [0.25, 0.3) is 0 Å². The van der Waals surface area contributed by atoms with Crippen LogP contribution in [-0.2, 0) is 23.9 Å². The van der Waals surface area contributed by atoms with Crippen molar-refractivity contribution in [2.45, 2.75) is 82.5 Å². The molecule has 8 nitrogen and oxygen atoms in total. The highest BCUT2D eigenvalue weighted by atomic mass is 16.6. The van der Waals surface area contributed by atoms with Crippen LogP contribution in [0.5, 0.6) is 0 Å². The standard InChI is InChI=1S/C27H42N2O6/c1-5-8-10-16-28(15-6-2)24(32)22-27-14-13-26(4,35-27)21(25(33)34-19-7-3)20(27)23(31)29(22)17-11-9-12-18-30/h6-7,20-22,30H,2-3,5,8-19H2,1,4H3/t20-,21-,22?,26+,27?/m0/s1. The van der Waals surface area contributed by atoms with Crippen LogP contribution in [0.2, 0.25) is 0 Å². The second kappa shape index (κ2) is 11.7. The van der Waals surface area contributed by atoms with Crippen molar-refractivity contribution in [3.05, 3.63) is 25.3 Å². The molecule has 2 unspecified atom stereocenters. The number of rotatable bonds is 15. The number of aliphatic hydroxyl groups is 1. The lowest BCUT2D eigenvalue weighted by Crippen LogP contribution is -2.56. The summed E-state index contributed by atoms with van der Waals surface area (Å²) in [7, 11) is 0. The zero-order valence-electron chi connectivity index (χ0n) is 21.4. The molecule has 0 aromatic carbocycles. The van der Waals surface area contributed by atoms with Crippen molar-refractivity contribution in [3.8, 4) is 0 Å². The van der Waals surface area contributed by atoms with E-state index in [9.17, 15) is 14.4 Å². The zero-order valence-corrected chi connectivity index (χ0v) is 21.4. The van der Waals surface area contributed by atoms with E-state index in [0.29, 0.717) is 45.3 Å². The Hall–Kier alpha value is -2.19. The topological polar surface area (TPSA) is 96.4 Å². The third-order valence-electron chi connectivity index (χ3n) is 7.86. The predicted octanol–water partition coefficient (Wildman–Crippen LogP) is 2.85. The number of esters is 1. The number of amides is 2. The molecule has 3 saturated heterocycles. The van der Waals surface area contributed by atoms with Crippen LogP contribution in [0.4, 0.5) is 0 Å². The molecular formula is C27H42N2O6. The first-order chi connectivity index (χ1) is 16.8. The Kier molecular flexibility index (Phi) is 9.16. The molecule has 2 amide bonds. The number of hydrogen-bond acceptors (Lipinski definition) is 6. The van der Waals surface area contributed by atoms with Gasteiger partial charge in [0.15, 0.2) is 0 Å². The Morgan fingerprint density at radius 3 is 2.63 bits per heavy atom. The lowest BCUT2D eigenvalue weighted by molar-refractivity contribution is -0.159. The molecular weight excluding hydrogens is 448 g/mol. The highest BCUT2D eigenvalue weighted by Gasteiger charge is 2.78. The van der Waals surface area contributed by atoms with Crippen LogP contribution >= 0.6 is 0 Å². The molecule has 3 aliphatic heterocycles. The summed E-state index contributed by atoms with van der Waals surface area (Å²) in [6, 6.07) is -0.783. The number of nitrogens with zero attached hydrogens (tertiary/aromatic N) is 2. The fourth-order valence-electron chi connectivity index (χ4n) is 6.28. The van der Waals surface area contributed by atoms with Gasteiger partial charge in [-0.05, 0) is 45.4 Å².